The van der Waals surface area contributed by atoms with Crippen LogP contribution in [0.3, 0.4) is 0 Å². The number of nitrogens with zero attached hydrogens (tertiary/aromatic N) is 4. The van der Waals surface area contributed by atoms with Gasteiger partial charge >= 0.3 is 5.95 Å². The van der Waals surface area contributed by atoms with Gasteiger partial charge in [0.2, 0.25) is 0 Å². The van der Waals surface area contributed by atoms with Gasteiger partial charge in [-0.15, -0.1) is 0 Å². The van der Waals surface area contributed by atoms with Gasteiger partial charge in [0, 0.05) is 19.6 Å². The van der Waals surface area contributed by atoms with E-state index in [9.17, 15) is 14.9 Å². The molecule has 0 aliphatic carbocycles. The number of aryl methyl sites for hydroxylation is 1. The lowest BCUT2D eigenvalue weighted by Gasteiger charge is -2.24. The van der Waals surface area contributed by atoms with Gasteiger partial charge in [0.1, 0.15) is 6.20 Å². The van der Waals surface area contributed by atoms with Crippen LogP contribution in [-0.2, 0) is 29.0 Å². The van der Waals surface area contributed by atoms with Gasteiger partial charge in [0.05, 0.1) is 19.8 Å². The zero-order valence-corrected chi connectivity index (χ0v) is 16.0. The number of hydrogen-bond acceptors (Lipinski definition) is 6. The van der Waals surface area contributed by atoms with Gasteiger partial charge in [-0.1, -0.05) is 34.8 Å². The number of morpholine rings is 1. The van der Waals surface area contributed by atoms with E-state index < -0.39 is 4.92 Å². The summed E-state index contributed by atoms with van der Waals surface area (Å²) in [6.45, 7) is 5.70. The van der Waals surface area contributed by atoms with Crippen molar-refractivity contribution in [3.63, 3.8) is 0 Å². The highest BCUT2D eigenvalue weighted by atomic mass is 16.6. The van der Waals surface area contributed by atoms with E-state index in [1.807, 2.05) is 31.2 Å². The molecular weight excluding hydrogens is 362 g/mol. The van der Waals surface area contributed by atoms with Gasteiger partial charge < -0.3 is 20.2 Å². The molecule has 9 heteroatoms. The van der Waals surface area contributed by atoms with E-state index in [0.717, 1.165) is 18.7 Å². The van der Waals surface area contributed by atoms with Gasteiger partial charge in [-0.3, -0.25) is 9.69 Å². The van der Waals surface area contributed by atoms with Crippen molar-refractivity contribution in [1.29, 1.82) is 0 Å². The number of benzene rings is 1. The average molecular weight is 387 g/mol. The van der Waals surface area contributed by atoms with Crippen LogP contribution < -0.4 is 5.32 Å². The summed E-state index contributed by atoms with van der Waals surface area (Å²) in [6.07, 6.45) is 2.30. The molecule has 1 N–H and O–H groups in total. The maximum Gasteiger partial charge on any atom is 0.435 e. The Labute approximate surface area is 163 Å². The van der Waals surface area contributed by atoms with Crippen LogP contribution in [0.4, 0.5) is 5.95 Å². The normalized spacial score (nSPS) is 14.8. The number of carbonyl (C=O) groups excluding carboxylic acids is 1. The molecule has 0 radical (unpaired) electrons. The summed E-state index contributed by atoms with van der Waals surface area (Å²) < 4.78 is 6.61. The quantitative estimate of drug-likeness (QED) is 0.541. The Hall–Kier alpha value is -2.78. The minimum Gasteiger partial charge on any atom is -0.390 e. The molecule has 1 aromatic heterocycles. The Morgan fingerprint density at radius 3 is 2.68 bits per heavy atom. The molecule has 0 spiro atoms. The highest BCUT2D eigenvalue weighted by Gasteiger charge is 2.23. The summed E-state index contributed by atoms with van der Waals surface area (Å²) in [6, 6.07) is 8.12. The predicted molar refractivity (Wildman–Crippen MR) is 103 cm³/mol. The number of ether oxygens (including phenoxy) is 1. The Kier molecular flexibility index (Phi) is 6.72. The molecule has 150 valence electrons. The van der Waals surface area contributed by atoms with E-state index in [1.165, 1.54) is 10.1 Å². The second-order valence-corrected chi connectivity index (χ2v) is 6.89. The third-order valence-electron chi connectivity index (χ3n) is 4.63. The standard InChI is InChI=1S/C19H25N5O4/c1-15-2-4-16(5-3-15)6-7-20-18(25)14-23-13-17(21-19(23)24(26)27)12-22-8-10-28-11-9-22/h2-5,13H,6-12,14H2,1H3,(H,20,25). The van der Waals surface area contributed by atoms with Gasteiger partial charge in [0.25, 0.3) is 5.91 Å². The molecule has 2 aromatic rings. The first-order chi connectivity index (χ1) is 13.5. The topological polar surface area (TPSA) is 103 Å². The minimum absolute atomic E-state index is 0.125. The van der Waals surface area contributed by atoms with Crippen LogP contribution in [0.25, 0.3) is 0 Å². The zero-order chi connectivity index (χ0) is 19.9. The molecule has 3 rings (SSSR count). The number of amides is 1. The minimum atomic E-state index is -0.553. The van der Waals surface area contributed by atoms with E-state index in [1.54, 1.807) is 6.20 Å². The molecule has 9 nitrogen and oxygen atoms in total. The van der Waals surface area contributed by atoms with Crippen LogP contribution in [0, 0.1) is 17.0 Å². The summed E-state index contributed by atoms with van der Waals surface area (Å²) >= 11 is 0. The lowest BCUT2D eigenvalue weighted by atomic mass is 10.1. The van der Waals surface area contributed by atoms with E-state index in [4.69, 9.17) is 4.74 Å². The Balaban J connectivity index is 1.54. The fourth-order valence-electron chi connectivity index (χ4n) is 3.10. The van der Waals surface area contributed by atoms with Crippen LogP contribution in [0.5, 0.6) is 0 Å². The molecule has 1 fully saturated rings. The second-order valence-electron chi connectivity index (χ2n) is 6.89. The summed E-state index contributed by atoms with van der Waals surface area (Å²) in [4.78, 5) is 29.2. The van der Waals surface area contributed by atoms with Gasteiger partial charge in [0.15, 0.2) is 12.2 Å². The van der Waals surface area contributed by atoms with Crippen LogP contribution in [0.1, 0.15) is 16.8 Å². The molecule has 1 aliphatic rings. The SMILES string of the molecule is Cc1ccc(CCNC(=O)Cn2cc(CN3CCOCC3)nc2[N+](=O)[O-])cc1. The molecule has 0 unspecified atom stereocenters. The van der Waals surface area contributed by atoms with Gasteiger partial charge in [-0.05, 0) is 23.8 Å². The van der Waals surface area contributed by atoms with E-state index in [-0.39, 0.29) is 18.4 Å². The van der Waals surface area contributed by atoms with Crippen molar-refractivity contribution in [2.75, 3.05) is 32.8 Å². The summed E-state index contributed by atoms with van der Waals surface area (Å²) in [5.74, 6) is -0.581. The number of rotatable bonds is 8. The van der Waals surface area contributed by atoms with Gasteiger partial charge in [-0.2, -0.15) is 0 Å². The number of imidazole rings is 1. The van der Waals surface area contributed by atoms with E-state index in [0.29, 0.717) is 38.4 Å². The molecule has 0 bridgehead atoms. The second kappa shape index (κ2) is 9.43. The Bertz CT molecular complexity index is 812. The fraction of sp³-hybridized carbons (Fsp3) is 0.474. The maximum absolute atomic E-state index is 12.2. The highest BCUT2D eigenvalue weighted by Crippen LogP contribution is 2.14. The lowest BCUT2D eigenvalue weighted by molar-refractivity contribution is -0.396. The monoisotopic (exact) mass is 387 g/mol. The van der Waals surface area contributed by atoms with Crippen LogP contribution in [0.15, 0.2) is 30.5 Å². The first-order valence-corrected chi connectivity index (χ1v) is 9.34. The molecule has 0 atom stereocenters. The summed E-state index contributed by atoms with van der Waals surface area (Å²) in [5.41, 5.74) is 2.90. The van der Waals surface area contributed by atoms with Crippen LogP contribution >= 0.6 is 0 Å². The van der Waals surface area contributed by atoms with Crippen molar-refractivity contribution in [1.82, 2.24) is 19.8 Å². The summed E-state index contributed by atoms with van der Waals surface area (Å²) in [7, 11) is 0. The fourth-order valence-corrected chi connectivity index (χ4v) is 3.10. The van der Waals surface area contributed by atoms with Crippen molar-refractivity contribution >= 4 is 11.9 Å². The van der Waals surface area contributed by atoms with Crippen molar-refractivity contribution in [2.45, 2.75) is 26.4 Å². The predicted octanol–water partition coefficient (Wildman–Crippen LogP) is 1.29. The summed E-state index contributed by atoms with van der Waals surface area (Å²) in [5, 5.41) is 14.1. The first kappa shape index (κ1) is 20.0. The molecule has 1 saturated heterocycles. The van der Waals surface area contributed by atoms with Gasteiger partial charge in [-0.25, -0.2) is 4.57 Å². The van der Waals surface area contributed by atoms with Crippen molar-refractivity contribution in [2.24, 2.45) is 0 Å². The van der Waals surface area contributed by atoms with Crippen molar-refractivity contribution in [3.05, 3.63) is 57.4 Å². The molecular formula is C19H25N5O4. The van der Waals surface area contributed by atoms with E-state index >= 15 is 0 Å². The molecule has 1 aliphatic heterocycles. The molecule has 0 saturated carbocycles. The molecule has 2 heterocycles. The number of nitrogens with one attached hydrogen (secondary N) is 1. The highest BCUT2D eigenvalue weighted by molar-refractivity contribution is 5.76. The number of aromatic nitrogens is 2. The van der Waals surface area contributed by atoms with Crippen molar-refractivity contribution < 1.29 is 14.5 Å². The molecule has 28 heavy (non-hydrogen) atoms. The van der Waals surface area contributed by atoms with Crippen molar-refractivity contribution in [3.8, 4) is 0 Å². The number of nitro groups is 1. The first-order valence-electron chi connectivity index (χ1n) is 9.34. The van der Waals surface area contributed by atoms with E-state index in [2.05, 4.69) is 15.2 Å². The lowest BCUT2D eigenvalue weighted by Crippen LogP contribution is -2.35. The largest absolute Gasteiger partial charge is 0.435 e. The molecule has 1 amide bonds. The zero-order valence-electron chi connectivity index (χ0n) is 16.0. The maximum atomic E-state index is 12.2. The number of hydrogen-bond donors (Lipinski definition) is 1. The molecule has 1 aromatic carbocycles. The third-order valence-corrected chi connectivity index (χ3v) is 4.63. The van der Waals surface area contributed by atoms with Crippen LogP contribution in [0.2, 0.25) is 0 Å². The third kappa shape index (κ3) is 5.61. The average Bonchev–Trinajstić information content (AvgIpc) is 3.06. The Morgan fingerprint density at radius 2 is 2.00 bits per heavy atom. The Morgan fingerprint density at radius 1 is 1.29 bits per heavy atom. The number of carbonyl (C=O) groups is 1. The smallest absolute Gasteiger partial charge is 0.390 e. The van der Waals surface area contributed by atoms with Crippen LogP contribution in [-0.4, -0.2) is 58.1 Å².